The Bertz CT molecular complexity index is 1530. The van der Waals surface area contributed by atoms with Gasteiger partial charge in [0.2, 0.25) is 0 Å². The normalized spacial score (nSPS) is 11.9. The molecule has 0 N–H and O–H groups in total. The number of rotatable bonds is 8. The zero-order valence-corrected chi connectivity index (χ0v) is 35.7. The van der Waals surface area contributed by atoms with Gasteiger partial charge in [0.25, 0.3) is 0 Å². The number of aromatic nitrogens is 1. The van der Waals surface area contributed by atoms with Gasteiger partial charge in [-0.15, -0.1) is 11.0 Å². The molecular formula is C37H48CuI2NP3+3. The summed E-state index contributed by atoms with van der Waals surface area (Å²) in [6.07, 6.45) is 0. The molecule has 0 aliphatic carbocycles. The van der Waals surface area contributed by atoms with Gasteiger partial charge in [-0.2, -0.15) is 0 Å². The molecule has 1 aromatic heterocycles. The third-order valence-electron chi connectivity index (χ3n) is 8.22. The molecule has 0 amide bonds. The van der Waals surface area contributed by atoms with Crippen LogP contribution in [0.2, 0.25) is 0 Å². The van der Waals surface area contributed by atoms with Crippen LogP contribution in [0.15, 0.2) is 84.9 Å². The van der Waals surface area contributed by atoms with E-state index in [0.717, 1.165) is 33.7 Å². The van der Waals surface area contributed by atoms with E-state index in [9.17, 15) is 0 Å². The van der Waals surface area contributed by atoms with E-state index >= 15 is 0 Å². The van der Waals surface area contributed by atoms with E-state index < -0.39 is 23.8 Å². The number of hydrogen-bond acceptors (Lipinski definition) is 0. The number of benzene rings is 4. The molecule has 4 aromatic carbocycles. The summed E-state index contributed by atoms with van der Waals surface area (Å²) >= 11 is 4.67. The summed E-state index contributed by atoms with van der Waals surface area (Å²) in [5.74, 6) is 0. The van der Waals surface area contributed by atoms with Crippen LogP contribution in [-0.2, 0) is 17.1 Å². The molecule has 5 rings (SSSR count). The van der Waals surface area contributed by atoms with Gasteiger partial charge < -0.3 is 4.98 Å². The van der Waals surface area contributed by atoms with Crippen LogP contribution >= 0.6 is 68.9 Å². The van der Waals surface area contributed by atoms with Crippen molar-refractivity contribution in [2.75, 3.05) is 6.66 Å². The molecule has 0 spiro atoms. The Morgan fingerprint density at radius 1 is 0.500 bits per heavy atom. The van der Waals surface area contributed by atoms with Gasteiger partial charge >= 0.3 is 17.1 Å². The van der Waals surface area contributed by atoms with E-state index in [2.05, 4.69) is 197 Å². The molecule has 1 nitrogen and oxygen atoms in total. The molecule has 0 aliphatic rings. The molecule has 0 atom stereocenters. The first-order valence-corrected chi connectivity index (χ1v) is 22.9. The Balaban J connectivity index is 0.000000276. The van der Waals surface area contributed by atoms with Crippen LogP contribution in [0.25, 0.3) is 21.8 Å². The Labute approximate surface area is 307 Å². The minimum Gasteiger partial charge on any atom is -0.657 e. The first-order chi connectivity index (χ1) is 20.4. The number of halogens is 2. The van der Waals surface area contributed by atoms with Gasteiger partial charge in [-0.1, -0.05) is 48.5 Å². The number of nitrogens with zero attached hydrogens (tertiary/aromatic N) is 1. The largest absolute Gasteiger partial charge is 1.00 e. The van der Waals surface area contributed by atoms with Gasteiger partial charge in [0.05, 0.1) is 37.2 Å². The summed E-state index contributed by atoms with van der Waals surface area (Å²) in [5.41, 5.74) is 5.24. The van der Waals surface area contributed by atoms with Crippen LogP contribution in [0.4, 0.5) is 0 Å². The van der Waals surface area contributed by atoms with Crippen molar-refractivity contribution in [1.29, 1.82) is 0 Å². The summed E-state index contributed by atoms with van der Waals surface area (Å²) in [7, 11) is -1.91. The molecule has 0 radical (unpaired) electrons. The zero-order valence-electron chi connectivity index (χ0n) is 27.4. The molecule has 5 aromatic rings. The monoisotopic (exact) mass is 916 g/mol. The molecule has 44 heavy (non-hydrogen) atoms. The average Bonchev–Trinajstić information content (AvgIpc) is 3.30. The Hall–Kier alpha value is -0.0505. The van der Waals surface area contributed by atoms with Crippen molar-refractivity contribution in [2.45, 2.75) is 78.0 Å². The molecule has 0 aliphatic heterocycles. The second-order valence-corrected chi connectivity index (χ2v) is 25.0. The predicted molar refractivity (Wildman–Crippen MR) is 223 cm³/mol. The van der Waals surface area contributed by atoms with Gasteiger partial charge in [0, 0.05) is 23.0 Å². The molecule has 7 heteroatoms. The average molecular weight is 917 g/mol. The van der Waals surface area contributed by atoms with Crippen LogP contribution in [0.1, 0.15) is 55.4 Å². The van der Waals surface area contributed by atoms with Crippen LogP contribution in [0.3, 0.4) is 0 Å². The fourth-order valence-corrected chi connectivity index (χ4v) is 18.1. The first kappa shape index (κ1) is 38.4. The van der Waals surface area contributed by atoms with Crippen molar-refractivity contribution < 1.29 is 17.1 Å². The molecule has 0 saturated heterocycles. The topological polar surface area (TPSA) is 14.1 Å². The Morgan fingerprint density at radius 3 is 1.14 bits per heavy atom. The van der Waals surface area contributed by atoms with E-state index in [-0.39, 0.29) is 17.1 Å². The molecular weight excluding hydrogens is 869 g/mol. The van der Waals surface area contributed by atoms with Crippen molar-refractivity contribution >= 4 is 112 Å². The van der Waals surface area contributed by atoms with E-state index in [1.165, 1.54) is 17.9 Å². The van der Waals surface area contributed by atoms with Crippen LogP contribution in [-0.4, -0.2) is 29.3 Å². The van der Waals surface area contributed by atoms with E-state index in [1.807, 2.05) is 0 Å². The fourth-order valence-electron chi connectivity index (χ4n) is 6.62. The summed E-state index contributed by atoms with van der Waals surface area (Å²) in [6.45, 7) is 22.0. The van der Waals surface area contributed by atoms with E-state index in [1.54, 1.807) is 21.2 Å². The summed E-state index contributed by atoms with van der Waals surface area (Å²) in [6, 6.07) is 31.7. The minimum atomic E-state index is -0.775. The third kappa shape index (κ3) is 9.09. The summed E-state index contributed by atoms with van der Waals surface area (Å²) < 4.78 is 2.52. The fraction of sp³-hybridized carbons (Fsp3) is 0.351. The first-order valence-electron chi connectivity index (χ1n) is 15.5. The Morgan fingerprint density at radius 2 is 0.818 bits per heavy atom. The van der Waals surface area contributed by atoms with Gasteiger partial charge in [-0.05, 0) is 148 Å². The molecule has 0 unspecified atom stereocenters. The Kier molecular flexibility index (Phi) is 15.2. The van der Waals surface area contributed by atoms with Gasteiger partial charge in [0.1, 0.15) is 21.2 Å². The third-order valence-corrected chi connectivity index (χ3v) is 19.6. The van der Waals surface area contributed by atoms with Gasteiger partial charge in [0.15, 0.2) is 0 Å². The maximum Gasteiger partial charge on any atom is 1.00 e. The summed E-state index contributed by atoms with van der Waals surface area (Å²) in [5, 5.41) is 9.26. The van der Waals surface area contributed by atoms with Crippen molar-refractivity contribution in [3.05, 3.63) is 92.1 Å². The smallest absolute Gasteiger partial charge is 0.657 e. The van der Waals surface area contributed by atoms with Gasteiger partial charge in [-0.25, -0.2) is 0 Å². The molecule has 0 bridgehead atoms. The van der Waals surface area contributed by atoms with Crippen molar-refractivity contribution in [1.82, 2.24) is 4.98 Å². The maximum absolute atomic E-state index is 4.59. The van der Waals surface area contributed by atoms with Crippen LogP contribution in [0.5, 0.6) is 0 Å². The minimum absolute atomic E-state index is 0. The SMILES string of the molecule is CC(C)[PH+](c1ccccc1[PH+](C)c1ccccc1[PH+](C(C)C)C(C)C)C(C)C.Ic1ccc2[n-]c3ccc(I)cc3c2c1.[Cu+]. The number of hydrogen-bond donors (Lipinski definition) is 0. The van der Waals surface area contributed by atoms with Crippen LogP contribution in [0, 0.1) is 7.14 Å². The standard InChI is InChI=1S/C25H39P3.C12H6I2N.Cu/c1-18(2)27(19(3)4)24-16-12-10-14-22(24)26(9)23-15-11-13-17-25(23)28(20(5)6)21(7)8;13-7-1-3-11-9(5-7)10-6-8(14)2-4-12(10)15-11;/h10-21H,1-9H3;1-6H;/q;-1;+1/p+3. The number of fused-ring (bicyclic) bond motifs is 3. The van der Waals surface area contributed by atoms with Gasteiger partial charge in [-0.3, -0.25) is 0 Å². The van der Waals surface area contributed by atoms with Crippen LogP contribution < -0.4 is 26.2 Å². The molecule has 1 heterocycles. The van der Waals surface area contributed by atoms with Crippen molar-refractivity contribution in [2.24, 2.45) is 0 Å². The van der Waals surface area contributed by atoms with Crippen molar-refractivity contribution in [3.63, 3.8) is 0 Å². The maximum atomic E-state index is 4.59. The zero-order chi connectivity index (χ0) is 31.4. The quantitative estimate of drug-likeness (QED) is 0.0860. The van der Waals surface area contributed by atoms with E-state index in [0.29, 0.717) is 0 Å². The second kappa shape index (κ2) is 17.4. The molecule has 0 saturated carbocycles. The summed E-state index contributed by atoms with van der Waals surface area (Å²) in [4.78, 5) is 4.59. The second-order valence-electron chi connectivity index (χ2n) is 12.7. The van der Waals surface area contributed by atoms with Crippen molar-refractivity contribution in [3.8, 4) is 0 Å². The predicted octanol–water partition coefficient (Wildman–Crippen LogP) is 9.95. The van der Waals surface area contributed by atoms with E-state index in [4.69, 9.17) is 0 Å². The molecule has 238 valence electrons. The molecule has 0 fully saturated rings.